The quantitative estimate of drug-likeness (QED) is 0.631. The van der Waals surface area contributed by atoms with Crippen LogP contribution in [0.3, 0.4) is 0 Å². The van der Waals surface area contributed by atoms with E-state index in [1.165, 1.54) is 5.56 Å². The molecular formula is C23H22N4O3. The lowest BCUT2D eigenvalue weighted by molar-refractivity contribution is -0.142. The summed E-state index contributed by atoms with van der Waals surface area (Å²) in [5.74, 6) is -0.768. The summed E-state index contributed by atoms with van der Waals surface area (Å²) in [5, 5.41) is 13.0. The standard InChI is InChI=1S/C23H22N4O3/c1-14-22-19(26-23(24)25-14)11-16(12-20(22)27-30-13-21(28)29)18-10-6-5-9-17(18)15-7-3-2-4-8-15/h2-10,16H,11-13H2,1H3,(H,28,29)(H2,24,25,26)/b27-20+. The van der Waals surface area contributed by atoms with Crippen LogP contribution in [0.5, 0.6) is 0 Å². The maximum Gasteiger partial charge on any atom is 0.344 e. The molecule has 1 aliphatic carbocycles. The summed E-state index contributed by atoms with van der Waals surface area (Å²) in [7, 11) is 0. The molecule has 0 fully saturated rings. The topological polar surface area (TPSA) is 111 Å². The van der Waals surface area contributed by atoms with Crippen LogP contribution in [0.1, 0.15) is 34.9 Å². The number of oxime groups is 1. The Morgan fingerprint density at radius 3 is 2.63 bits per heavy atom. The van der Waals surface area contributed by atoms with E-state index in [1.54, 1.807) is 0 Å². The van der Waals surface area contributed by atoms with Crippen LogP contribution in [0.4, 0.5) is 5.95 Å². The minimum absolute atomic E-state index is 0.0924. The fourth-order valence-corrected chi connectivity index (χ4v) is 4.02. The Kier molecular flexibility index (Phi) is 5.43. The lowest BCUT2D eigenvalue weighted by atomic mass is 9.78. The molecule has 1 atom stereocenters. The maximum atomic E-state index is 10.9. The van der Waals surface area contributed by atoms with E-state index in [4.69, 9.17) is 15.7 Å². The molecule has 7 heteroatoms. The molecule has 2 aromatic carbocycles. The number of fused-ring (bicyclic) bond motifs is 1. The van der Waals surface area contributed by atoms with Gasteiger partial charge in [0.25, 0.3) is 0 Å². The van der Waals surface area contributed by atoms with Gasteiger partial charge < -0.3 is 15.7 Å². The number of benzene rings is 2. The molecule has 0 saturated carbocycles. The van der Waals surface area contributed by atoms with E-state index in [0.717, 1.165) is 22.4 Å². The average Bonchev–Trinajstić information content (AvgIpc) is 2.73. The molecule has 0 aliphatic heterocycles. The number of nitrogens with zero attached hydrogens (tertiary/aromatic N) is 3. The number of aromatic nitrogens is 2. The Morgan fingerprint density at radius 2 is 1.87 bits per heavy atom. The number of carboxylic acid groups (broad SMARTS) is 1. The van der Waals surface area contributed by atoms with Gasteiger partial charge in [0, 0.05) is 12.0 Å². The first-order valence-electron chi connectivity index (χ1n) is 9.71. The number of rotatable bonds is 5. The number of carbonyl (C=O) groups is 1. The zero-order chi connectivity index (χ0) is 21.1. The van der Waals surface area contributed by atoms with Gasteiger partial charge in [-0.25, -0.2) is 14.8 Å². The Morgan fingerprint density at radius 1 is 1.13 bits per heavy atom. The molecule has 3 aromatic rings. The van der Waals surface area contributed by atoms with Crippen molar-refractivity contribution in [3.05, 3.63) is 77.1 Å². The van der Waals surface area contributed by atoms with Gasteiger partial charge in [-0.05, 0) is 36.0 Å². The third kappa shape index (κ3) is 4.00. The van der Waals surface area contributed by atoms with E-state index >= 15 is 0 Å². The summed E-state index contributed by atoms with van der Waals surface area (Å²) in [4.78, 5) is 24.6. The zero-order valence-electron chi connectivity index (χ0n) is 16.6. The maximum absolute atomic E-state index is 10.9. The first kappa shape index (κ1) is 19.6. The lowest BCUT2D eigenvalue weighted by Crippen LogP contribution is -2.24. The fraction of sp³-hybridized carbons (Fsp3) is 0.217. The Labute approximate surface area is 174 Å². The van der Waals surface area contributed by atoms with Crippen LogP contribution in [0.15, 0.2) is 59.8 Å². The number of anilines is 1. The van der Waals surface area contributed by atoms with Gasteiger partial charge in [0.2, 0.25) is 12.6 Å². The first-order valence-corrected chi connectivity index (χ1v) is 9.71. The molecule has 0 saturated heterocycles. The van der Waals surface area contributed by atoms with Gasteiger partial charge in [0.05, 0.1) is 17.1 Å². The lowest BCUT2D eigenvalue weighted by Gasteiger charge is -2.27. The van der Waals surface area contributed by atoms with E-state index in [9.17, 15) is 4.79 Å². The van der Waals surface area contributed by atoms with Crippen molar-refractivity contribution in [2.24, 2.45) is 5.16 Å². The van der Waals surface area contributed by atoms with Crippen LogP contribution >= 0.6 is 0 Å². The SMILES string of the molecule is Cc1nc(N)nc2c1/C(=N/OCC(=O)O)CC(c1ccccc1-c1ccccc1)C2. The van der Waals surface area contributed by atoms with Gasteiger partial charge >= 0.3 is 5.97 Å². The number of aryl methyl sites for hydroxylation is 1. The van der Waals surface area contributed by atoms with Gasteiger partial charge in [-0.2, -0.15) is 0 Å². The summed E-state index contributed by atoms with van der Waals surface area (Å²) in [6.07, 6.45) is 1.27. The highest BCUT2D eigenvalue weighted by atomic mass is 16.6. The molecule has 0 radical (unpaired) electrons. The Bertz CT molecular complexity index is 1110. The van der Waals surface area contributed by atoms with E-state index in [1.807, 2.05) is 37.3 Å². The van der Waals surface area contributed by atoms with Crippen LogP contribution in [-0.4, -0.2) is 33.4 Å². The zero-order valence-corrected chi connectivity index (χ0v) is 16.6. The predicted octanol–water partition coefficient (Wildman–Crippen LogP) is 3.57. The molecule has 1 unspecified atom stereocenters. The van der Waals surface area contributed by atoms with Crippen LogP contribution < -0.4 is 5.73 Å². The highest BCUT2D eigenvalue weighted by Crippen LogP contribution is 2.38. The summed E-state index contributed by atoms with van der Waals surface area (Å²) in [5.41, 5.74) is 12.3. The molecule has 7 nitrogen and oxygen atoms in total. The van der Waals surface area contributed by atoms with Crippen LogP contribution in [0, 0.1) is 6.92 Å². The fourth-order valence-electron chi connectivity index (χ4n) is 4.02. The van der Waals surface area contributed by atoms with Gasteiger partial charge in [0.15, 0.2) is 0 Å². The molecule has 30 heavy (non-hydrogen) atoms. The van der Waals surface area contributed by atoms with Crippen molar-refractivity contribution in [1.82, 2.24) is 9.97 Å². The molecule has 152 valence electrons. The van der Waals surface area contributed by atoms with E-state index in [0.29, 0.717) is 24.2 Å². The molecule has 0 bridgehead atoms. The Hall–Kier alpha value is -3.74. The summed E-state index contributed by atoms with van der Waals surface area (Å²) < 4.78 is 0. The second-order valence-corrected chi connectivity index (χ2v) is 7.25. The monoisotopic (exact) mass is 402 g/mol. The van der Waals surface area contributed by atoms with Crippen LogP contribution in [0.25, 0.3) is 11.1 Å². The van der Waals surface area contributed by atoms with Gasteiger partial charge in [-0.15, -0.1) is 0 Å². The molecule has 0 spiro atoms. The molecule has 0 amide bonds. The first-order chi connectivity index (χ1) is 14.5. The van der Waals surface area contributed by atoms with Crippen LogP contribution in [-0.2, 0) is 16.1 Å². The summed E-state index contributed by atoms with van der Waals surface area (Å²) >= 11 is 0. The minimum atomic E-state index is -1.08. The number of aliphatic carboxylic acids is 1. The van der Waals surface area contributed by atoms with E-state index in [-0.39, 0.29) is 11.9 Å². The third-order valence-electron chi connectivity index (χ3n) is 5.20. The van der Waals surface area contributed by atoms with Gasteiger partial charge in [-0.3, -0.25) is 0 Å². The number of nitrogens with two attached hydrogens (primary N) is 1. The molecule has 1 aliphatic rings. The molecule has 3 N–H and O–H groups in total. The normalized spacial score (nSPS) is 16.8. The van der Waals surface area contributed by atoms with Crippen molar-refractivity contribution in [3.63, 3.8) is 0 Å². The smallest absolute Gasteiger partial charge is 0.344 e. The Balaban J connectivity index is 1.77. The van der Waals surface area contributed by atoms with Crippen molar-refractivity contribution in [2.45, 2.75) is 25.7 Å². The highest BCUT2D eigenvalue weighted by Gasteiger charge is 2.30. The molecule has 4 rings (SSSR count). The average molecular weight is 402 g/mol. The number of hydrogen-bond donors (Lipinski definition) is 2. The van der Waals surface area contributed by atoms with Gasteiger partial charge in [0.1, 0.15) is 0 Å². The molecule has 1 aromatic heterocycles. The number of nitrogen functional groups attached to an aromatic ring is 1. The minimum Gasteiger partial charge on any atom is -0.479 e. The summed E-state index contributed by atoms with van der Waals surface area (Å²) in [6, 6.07) is 18.5. The van der Waals surface area contributed by atoms with Crippen molar-refractivity contribution >= 4 is 17.6 Å². The molecule has 1 heterocycles. The van der Waals surface area contributed by atoms with Crippen molar-refractivity contribution in [2.75, 3.05) is 12.3 Å². The van der Waals surface area contributed by atoms with Crippen molar-refractivity contribution in [3.8, 4) is 11.1 Å². The van der Waals surface area contributed by atoms with E-state index in [2.05, 4.69) is 39.4 Å². The van der Waals surface area contributed by atoms with Crippen LogP contribution in [0.2, 0.25) is 0 Å². The second kappa shape index (κ2) is 8.32. The predicted molar refractivity (Wildman–Crippen MR) is 114 cm³/mol. The van der Waals surface area contributed by atoms with E-state index < -0.39 is 12.6 Å². The van der Waals surface area contributed by atoms with Crippen molar-refractivity contribution < 1.29 is 14.7 Å². The van der Waals surface area contributed by atoms with Gasteiger partial charge in [-0.1, -0.05) is 59.8 Å². The molecular weight excluding hydrogens is 380 g/mol. The largest absolute Gasteiger partial charge is 0.479 e. The summed E-state index contributed by atoms with van der Waals surface area (Å²) in [6.45, 7) is 1.35. The second-order valence-electron chi connectivity index (χ2n) is 7.25. The van der Waals surface area contributed by atoms with Crippen molar-refractivity contribution in [1.29, 1.82) is 0 Å². The number of carboxylic acids is 1. The number of hydrogen-bond acceptors (Lipinski definition) is 6. The third-order valence-corrected chi connectivity index (χ3v) is 5.20. The highest BCUT2D eigenvalue weighted by molar-refractivity contribution is 6.03.